The van der Waals surface area contributed by atoms with Gasteiger partial charge in [-0.05, 0) is 48.9 Å². The Bertz CT molecular complexity index is 554. The second-order valence-corrected chi connectivity index (χ2v) is 7.64. The van der Waals surface area contributed by atoms with E-state index in [1.54, 1.807) is 0 Å². The van der Waals surface area contributed by atoms with Gasteiger partial charge in [0.2, 0.25) is 5.91 Å². The Morgan fingerprint density at radius 1 is 1.38 bits per heavy atom. The molecule has 1 heterocycles. The van der Waals surface area contributed by atoms with Crippen molar-refractivity contribution in [2.75, 3.05) is 10.8 Å². The highest BCUT2D eigenvalue weighted by Crippen LogP contribution is 2.50. The van der Waals surface area contributed by atoms with Crippen LogP contribution in [0.25, 0.3) is 0 Å². The van der Waals surface area contributed by atoms with E-state index in [4.69, 9.17) is 11.6 Å². The predicted octanol–water partition coefficient (Wildman–Crippen LogP) is 5.23. The summed E-state index contributed by atoms with van der Waals surface area (Å²) < 4.78 is 1.07. The number of amides is 1. The third kappa shape index (κ3) is 2.63. The molecule has 1 fully saturated rings. The van der Waals surface area contributed by atoms with E-state index in [9.17, 15) is 4.79 Å². The van der Waals surface area contributed by atoms with Crippen molar-refractivity contribution in [3.05, 3.63) is 28.2 Å². The second-order valence-electron chi connectivity index (χ2n) is 6.46. The maximum atomic E-state index is 12.6. The fourth-order valence-corrected chi connectivity index (χ4v) is 4.74. The van der Waals surface area contributed by atoms with Crippen molar-refractivity contribution in [2.24, 2.45) is 0 Å². The minimum Gasteiger partial charge on any atom is -0.305 e. The zero-order valence-electron chi connectivity index (χ0n) is 12.4. The van der Waals surface area contributed by atoms with E-state index in [0.29, 0.717) is 5.92 Å². The molecule has 1 aromatic rings. The minimum atomic E-state index is -0.00945. The molecule has 4 heteroatoms. The summed E-state index contributed by atoms with van der Waals surface area (Å²) in [6.07, 6.45) is 6.98. The fourth-order valence-electron chi connectivity index (χ4n) is 4.25. The van der Waals surface area contributed by atoms with Gasteiger partial charge in [-0.1, -0.05) is 42.1 Å². The third-order valence-corrected chi connectivity index (χ3v) is 5.79. The van der Waals surface area contributed by atoms with Gasteiger partial charge in [0.05, 0.1) is 0 Å². The van der Waals surface area contributed by atoms with Crippen molar-refractivity contribution in [3.63, 3.8) is 0 Å². The molecule has 2 nitrogen and oxygen atoms in total. The number of anilines is 1. The lowest BCUT2D eigenvalue weighted by atomic mass is 9.70. The number of benzene rings is 1. The fraction of sp³-hybridized carbons (Fsp3) is 0.588. The van der Waals surface area contributed by atoms with Crippen molar-refractivity contribution < 1.29 is 4.79 Å². The molecule has 114 valence electrons. The molecular weight excluding hydrogens is 350 g/mol. The highest BCUT2D eigenvalue weighted by Gasteiger charge is 2.46. The van der Waals surface area contributed by atoms with E-state index in [1.165, 1.54) is 24.8 Å². The monoisotopic (exact) mass is 369 g/mol. The molecule has 1 amide bonds. The van der Waals surface area contributed by atoms with Crippen molar-refractivity contribution in [1.82, 2.24) is 0 Å². The SMILES string of the molecule is CC1CC2(CCCCC2)N(C(=O)CCl)c2ccc(Br)cc21. The Balaban J connectivity index is 2.12. The zero-order valence-corrected chi connectivity index (χ0v) is 14.7. The minimum absolute atomic E-state index is 0.00945. The number of carbonyl (C=O) groups is 1. The Kier molecular flexibility index (Phi) is 4.33. The van der Waals surface area contributed by atoms with E-state index in [1.807, 2.05) is 11.0 Å². The van der Waals surface area contributed by atoms with Crippen molar-refractivity contribution in [3.8, 4) is 0 Å². The van der Waals surface area contributed by atoms with Crippen molar-refractivity contribution >= 4 is 39.1 Å². The number of hydrogen-bond donors (Lipinski definition) is 0. The molecule has 2 aliphatic rings. The highest BCUT2D eigenvalue weighted by atomic mass is 79.9. The average Bonchev–Trinajstić information content (AvgIpc) is 2.48. The van der Waals surface area contributed by atoms with Gasteiger partial charge in [-0.2, -0.15) is 0 Å². The Morgan fingerprint density at radius 3 is 2.76 bits per heavy atom. The number of fused-ring (bicyclic) bond motifs is 1. The summed E-state index contributed by atoms with van der Waals surface area (Å²) in [5.41, 5.74) is 2.33. The quantitative estimate of drug-likeness (QED) is 0.620. The van der Waals surface area contributed by atoms with Crippen LogP contribution in [0.4, 0.5) is 5.69 Å². The van der Waals surface area contributed by atoms with Crippen LogP contribution >= 0.6 is 27.5 Å². The molecule has 1 saturated carbocycles. The average molecular weight is 371 g/mol. The molecular formula is C17H21BrClNO. The number of alkyl halides is 1. The first-order chi connectivity index (χ1) is 10.1. The standard InChI is InChI=1S/C17H21BrClNO/c1-12-10-17(7-3-2-4-8-17)20(16(21)11-19)15-6-5-13(18)9-14(12)15/h5-6,9,12H,2-4,7-8,10-11H2,1H3. The summed E-state index contributed by atoms with van der Waals surface area (Å²) in [6, 6.07) is 6.27. The van der Waals surface area contributed by atoms with Gasteiger partial charge in [-0.15, -0.1) is 11.6 Å². The molecule has 1 aliphatic heterocycles. The first kappa shape index (κ1) is 15.4. The molecule has 1 atom stereocenters. The van der Waals surface area contributed by atoms with Gasteiger partial charge in [-0.3, -0.25) is 4.79 Å². The number of carbonyl (C=O) groups excluding carboxylic acids is 1. The van der Waals surface area contributed by atoms with Crippen LogP contribution in [0, 0.1) is 0 Å². The van der Waals surface area contributed by atoms with E-state index in [-0.39, 0.29) is 17.3 Å². The molecule has 0 radical (unpaired) electrons. The molecule has 1 aliphatic carbocycles. The summed E-state index contributed by atoms with van der Waals surface area (Å²) in [5, 5.41) is 0. The van der Waals surface area contributed by atoms with Gasteiger partial charge in [0, 0.05) is 15.7 Å². The van der Waals surface area contributed by atoms with Crippen molar-refractivity contribution in [1.29, 1.82) is 0 Å². The summed E-state index contributed by atoms with van der Waals surface area (Å²) in [7, 11) is 0. The normalized spacial score (nSPS) is 24.0. The lowest BCUT2D eigenvalue weighted by molar-refractivity contribution is -0.118. The number of rotatable bonds is 1. The van der Waals surface area contributed by atoms with E-state index in [2.05, 4.69) is 35.0 Å². The van der Waals surface area contributed by atoms with Crippen LogP contribution in [-0.2, 0) is 4.79 Å². The Labute approximate surface area is 140 Å². The van der Waals surface area contributed by atoms with E-state index >= 15 is 0 Å². The lowest BCUT2D eigenvalue weighted by Crippen LogP contribution is -2.56. The highest BCUT2D eigenvalue weighted by molar-refractivity contribution is 9.10. The van der Waals surface area contributed by atoms with Gasteiger partial charge in [0.25, 0.3) is 0 Å². The van der Waals surface area contributed by atoms with Gasteiger partial charge in [-0.25, -0.2) is 0 Å². The van der Waals surface area contributed by atoms with Gasteiger partial charge >= 0.3 is 0 Å². The molecule has 1 unspecified atom stereocenters. The number of nitrogens with zero attached hydrogens (tertiary/aromatic N) is 1. The smallest absolute Gasteiger partial charge is 0.242 e. The summed E-state index contributed by atoms with van der Waals surface area (Å²) in [5.74, 6) is 0.593. The molecule has 0 bridgehead atoms. The molecule has 1 spiro atoms. The van der Waals surface area contributed by atoms with E-state index < -0.39 is 0 Å². The summed E-state index contributed by atoms with van der Waals surface area (Å²) in [4.78, 5) is 14.6. The molecule has 3 rings (SSSR count). The molecule has 0 aromatic heterocycles. The van der Waals surface area contributed by atoms with Crippen LogP contribution in [0.3, 0.4) is 0 Å². The topological polar surface area (TPSA) is 20.3 Å². The van der Waals surface area contributed by atoms with Gasteiger partial charge in [0.15, 0.2) is 0 Å². The molecule has 0 saturated heterocycles. The van der Waals surface area contributed by atoms with Gasteiger partial charge in [0.1, 0.15) is 5.88 Å². The number of halogens is 2. The predicted molar refractivity (Wildman–Crippen MR) is 91.2 cm³/mol. The van der Waals surface area contributed by atoms with Crippen LogP contribution in [-0.4, -0.2) is 17.3 Å². The van der Waals surface area contributed by atoms with Gasteiger partial charge < -0.3 is 4.90 Å². The Hall–Kier alpha value is -0.540. The van der Waals surface area contributed by atoms with Crippen LogP contribution in [0.1, 0.15) is 56.9 Å². The lowest BCUT2D eigenvalue weighted by Gasteiger charge is -2.52. The maximum Gasteiger partial charge on any atom is 0.242 e. The van der Waals surface area contributed by atoms with E-state index in [0.717, 1.165) is 29.4 Å². The second kappa shape index (κ2) is 5.92. The first-order valence-corrected chi connectivity index (χ1v) is 9.09. The zero-order chi connectivity index (χ0) is 15.0. The molecule has 1 aromatic carbocycles. The van der Waals surface area contributed by atoms with Crippen LogP contribution in [0.15, 0.2) is 22.7 Å². The molecule has 21 heavy (non-hydrogen) atoms. The van der Waals surface area contributed by atoms with Crippen LogP contribution < -0.4 is 4.90 Å². The Morgan fingerprint density at radius 2 is 2.10 bits per heavy atom. The van der Waals surface area contributed by atoms with Crippen LogP contribution in [0.5, 0.6) is 0 Å². The van der Waals surface area contributed by atoms with Crippen LogP contribution in [0.2, 0.25) is 0 Å². The summed E-state index contributed by atoms with van der Waals surface area (Å²) in [6.45, 7) is 2.28. The largest absolute Gasteiger partial charge is 0.305 e. The summed E-state index contributed by atoms with van der Waals surface area (Å²) >= 11 is 9.47. The first-order valence-electron chi connectivity index (χ1n) is 7.76. The van der Waals surface area contributed by atoms with Crippen molar-refractivity contribution in [2.45, 2.75) is 56.9 Å². The number of hydrogen-bond acceptors (Lipinski definition) is 1. The third-order valence-electron chi connectivity index (χ3n) is 5.07. The molecule has 0 N–H and O–H groups in total. The maximum absolute atomic E-state index is 12.6.